The molecule has 134 valence electrons. The lowest BCUT2D eigenvalue weighted by atomic mass is 10.1. The molecule has 0 aromatic heterocycles. The monoisotopic (exact) mass is 342 g/mol. The molecule has 0 unspecified atom stereocenters. The van der Waals surface area contributed by atoms with E-state index in [0.717, 1.165) is 34.4 Å². The summed E-state index contributed by atoms with van der Waals surface area (Å²) in [5.74, 6) is 0.878. The van der Waals surface area contributed by atoms with Crippen molar-refractivity contribution < 1.29 is 14.6 Å². The number of nitrogens with one attached hydrogen (secondary N) is 2. The second kappa shape index (κ2) is 9.69. The van der Waals surface area contributed by atoms with Gasteiger partial charge >= 0.3 is 6.03 Å². The first-order valence-electron chi connectivity index (χ1n) is 8.55. The molecule has 0 atom stereocenters. The maximum Gasteiger partial charge on any atom is 0.315 e. The Labute approximate surface area is 149 Å². The van der Waals surface area contributed by atoms with Crippen LogP contribution >= 0.6 is 0 Å². The van der Waals surface area contributed by atoms with Crippen LogP contribution in [0.1, 0.15) is 29.2 Å². The molecule has 0 saturated heterocycles. The summed E-state index contributed by atoms with van der Waals surface area (Å²) < 4.78 is 5.51. The van der Waals surface area contributed by atoms with Crippen molar-refractivity contribution in [3.63, 3.8) is 0 Å². The van der Waals surface area contributed by atoms with Crippen molar-refractivity contribution in [1.82, 2.24) is 10.6 Å². The van der Waals surface area contributed by atoms with Gasteiger partial charge in [-0.05, 0) is 48.6 Å². The lowest BCUT2D eigenvalue weighted by Crippen LogP contribution is -2.36. The molecule has 0 radical (unpaired) electrons. The fourth-order valence-electron chi connectivity index (χ4n) is 2.52. The highest BCUT2D eigenvalue weighted by atomic mass is 16.5. The summed E-state index contributed by atoms with van der Waals surface area (Å²) >= 11 is 0. The third-order valence-corrected chi connectivity index (χ3v) is 3.90. The zero-order valence-corrected chi connectivity index (χ0v) is 14.8. The lowest BCUT2D eigenvalue weighted by Gasteiger charge is -2.11. The molecule has 5 heteroatoms. The van der Waals surface area contributed by atoms with E-state index in [2.05, 4.69) is 10.6 Å². The van der Waals surface area contributed by atoms with Gasteiger partial charge in [-0.25, -0.2) is 4.79 Å². The SMILES string of the molecule is CCOc1ccc(CNC(=O)NCCc2ccc(CO)cc2)cc1C. The van der Waals surface area contributed by atoms with E-state index >= 15 is 0 Å². The lowest BCUT2D eigenvalue weighted by molar-refractivity contribution is 0.240. The Kier molecular flexibility index (Phi) is 7.29. The van der Waals surface area contributed by atoms with Gasteiger partial charge in [0.05, 0.1) is 13.2 Å². The van der Waals surface area contributed by atoms with Gasteiger partial charge in [0.2, 0.25) is 0 Å². The number of benzene rings is 2. The maximum atomic E-state index is 11.9. The second-order valence-corrected chi connectivity index (χ2v) is 5.87. The van der Waals surface area contributed by atoms with Crippen LogP contribution < -0.4 is 15.4 Å². The number of hydrogen-bond acceptors (Lipinski definition) is 3. The Balaban J connectivity index is 1.72. The largest absolute Gasteiger partial charge is 0.494 e. The molecule has 0 aliphatic rings. The first-order chi connectivity index (χ1) is 12.1. The van der Waals surface area contributed by atoms with Gasteiger partial charge in [-0.1, -0.05) is 36.4 Å². The zero-order valence-electron chi connectivity index (χ0n) is 14.8. The van der Waals surface area contributed by atoms with E-state index in [0.29, 0.717) is 19.7 Å². The van der Waals surface area contributed by atoms with E-state index in [-0.39, 0.29) is 12.6 Å². The Morgan fingerprint density at radius 1 is 1.04 bits per heavy atom. The highest BCUT2D eigenvalue weighted by Gasteiger charge is 2.03. The number of aliphatic hydroxyl groups excluding tert-OH is 1. The quantitative estimate of drug-likeness (QED) is 0.691. The minimum atomic E-state index is -0.182. The maximum absolute atomic E-state index is 11.9. The highest BCUT2D eigenvalue weighted by Crippen LogP contribution is 2.18. The molecule has 0 aliphatic heterocycles. The van der Waals surface area contributed by atoms with E-state index in [1.165, 1.54) is 0 Å². The van der Waals surface area contributed by atoms with E-state index < -0.39 is 0 Å². The Morgan fingerprint density at radius 3 is 2.36 bits per heavy atom. The molecule has 0 heterocycles. The molecule has 0 fully saturated rings. The number of rotatable bonds is 8. The summed E-state index contributed by atoms with van der Waals surface area (Å²) in [6.45, 7) is 5.68. The van der Waals surface area contributed by atoms with Crippen molar-refractivity contribution >= 4 is 6.03 Å². The van der Waals surface area contributed by atoms with Crippen molar-refractivity contribution in [2.45, 2.75) is 33.4 Å². The van der Waals surface area contributed by atoms with Crippen LogP contribution in [0.3, 0.4) is 0 Å². The fraction of sp³-hybridized carbons (Fsp3) is 0.350. The summed E-state index contributed by atoms with van der Waals surface area (Å²) in [6.07, 6.45) is 0.751. The van der Waals surface area contributed by atoms with Crippen LogP contribution in [-0.4, -0.2) is 24.3 Å². The standard InChI is InChI=1S/C20H26N2O3/c1-3-25-19-9-8-18(12-15(19)2)13-22-20(24)21-11-10-16-4-6-17(14-23)7-5-16/h4-9,12,23H,3,10-11,13-14H2,1-2H3,(H2,21,22,24). The first-order valence-corrected chi connectivity index (χ1v) is 8.55. The summed E-state index contributed by atoms with van der Waals surface area (Å²) in [4.78, 5) is 11.9. The van der Waals surface area contributed by atoms with Crippen molar-refractivity contribution in [1.29, 1.82) is 0 Å². The molecule has 2 aromatic carbocycles. The summed E-state index contributed by atoms with van der Waals surface area (Å²) in [5.41, 5.74) is 4.11. The molecule has 25 heavy (non-hydrogen) atoms. The Hall–Kier alpha value is -2.53. The molecule has 0 aliphatic carbocycles. The van der Waals surface area contributed by atoms with Crippen LogP contribution in [-0.2, 0) is 19.6 Å². The molecular formula is C20H26N2O3. The molecule has 0 spiro atoms. The van der Waals surface area contributed by atoms with Gasteiger partial charge in [-0.2, -0.15) is 0 Å². The van der Waals surface area contributed by atoms with E-state index in [1.54, 1.807) is 0 Å². The van der Waals surface area contributed by atoms with Gasteiger partial charge < -0.3 is 20.5 Å². The molecule has 2 amide bonds. The zero-order chi connectivity index (χ0) is 18.1. The number of amides is 2. The summed E-state index contributed by atoms with van der Waals surface area (Å²) in [5, 5.41) is 14.7. The Morgan fingerprint density at radius 2 is 1.72 bits per heavy atom. The topological polar surface area (TPSA) is 70.6 Å². The van der Waals surface area contributed by atoms with Crippen molar-refractivity contribution in [3.8, 4) is 5.75 Å². The van der Waals surface area contributed by atoms with Crippen molar-refractivity contribution in [2.24, 2.45) is 0 Å². The number of carbonyl (C=O) groups is 1. The fourth-order valence-corrected chi connectivity index (χ4v) is 2.52. The summed E-state index contributed by atoms with van der Waals surface area (Å²) in [6, 6.07) is 13.5. The van der Waals surface area contributed by atoms with Gasteiger partial charge in [0, 0.05) is 13.1 Å². The van der Waals surface area contributed by atoms with E-state index in [9.17, 15) is 4.79 Å². The number of ether oxygens (including phenoxy) is 1. The van der Waals surface area contributed by atoms with Crippen molar-refractivity contribution in [3.05, 3.63) is 64.7 Å². The predicted octanol–water partition coefficient (Wildman–Crippen LogP) is 2.93. The molecule has 2 rings (SSSR count). The van der Waals surface area contributed by atoms with E-state index in [4.69, 9.17) is 9.84 Å². The number of aryl methyl sites for hydroxylation is 1. The van der Waals surface area contributed by atoms with Crippen LogP contribution in [0.2, 0.25) is 0 Å². The van der Waals surface area contributed by atoms with Gasteiger partial charge in [-0.15, -0.1) is 0 Å². The highest BCUT2D eigenvalue weighted by molar-refractivity contribution is 5.73. The first kappa shape index (κ1) is 18.8. The van der Waals surface area contributed by atoms with Gasteiger partial charge in [0.25, 0.3) is 0 Å². The molecule has 5 nitrogen and oxygen atoms in total. The normalized spacial score (nSPS) is 10.4. The van der Waals surface area contributed by atoms with Crippen LogP contribution in [0, 0.1) is 6.92 Å². The number of hydrogen-bond donors (Lipinski definition) is 3. The van der Waals surface area contributed by atoms with Gasteiger partial charge in [0.15, 0.2) is 0 Å². The number of urea groups is 1. The van der Waals surface area contributed by atoms with Crippen LogP contribution in [0.25, 0.3) is 0 Å². The third-order valence-electron chi connectivity index (χ3n) is 3.90. The second-order valence-electron chi connectivity index (χ2n) is 5.87. The minimum Gasteiger partial charge on any atom is -0.494 e. The molecule has 0 saturated carbocycles. The van der Waals surface area contributed by atoms with Crippen molar-refractivity contribution in [2.75, 3.05) is 13.2 Å². The molecule has 2 aromatic rings. The number of aliphatic hydroxyl groups is 1. The molecule has 3 N–H and O–H groups in total. The average Bonchev–Trinajstić information content (AvgIpc) is 2.63. The third kappa shape index (κ3) is 6.12. The van der Waals surface area contributed by atoms with Crippen LogP contribution in [0.5, 0.6) is 5.75 Å². The van der Waals surface area contributed by atoms with Gasteiger partial charge in [0.1, 0.15) is 5.75 Å². The van der Waals surface area contributed by atoms with Crippen LogP contribution in [0.15, 0.2) is 42.5 Å². The Bertz CT molecular complexity index is 684. The number of carbonyl (C=O) groups excluding carboxylic acids is 1. The predicted molar refractivity (Wildman–Crippen MR) is 98.7 cm³/mol. The minimum absolute atomic E-state index is 0.0476. The van der Waals surface area contributed by atoms with E-state index in [1.807, 2.05) is 56.3 Å². The van der Waals surface area contributed by atoms with Gasteiger partial charge in [-0.3, -0.25) is 0 Å². The van der Waals surface area contributed by atoms with Crippen LogP contribution in [0.4, 0.5) is 4.79 Å². The summed E-state index contributed by atoms with van der Waals surface area (Å²) in [7, 11) is 0. The molecular weight excluding hydrogens is 316 g/mol. The smallest absolute Gasteiger partial charge is 0.315 e. The molecule has 0 bridgehead atoms. The average molecular weight is 342 g/mol.